The molecule has 114 valence electrons. The van der Waals surface area contributed by atoms with Crippen LogP contribution in [-0.2, 0) is 16.4 Å². The molecule has 0 spiro atoms. The molecule has 0 unspecified atom stereocenters. The maximum atomic E-state index is 11.9. The fourth-order valence-electron chi connectivity index (χ4n) is 1.76. The van der Waals surface area contributed by atoms with Crippen LogP contribution in [0.15, 0.2) is 27.8 Å². The summed E-state index contributed by atoms with van der Waals surface area (Å²) < 4.78 is 30.9. The third kappa shape index (κ3) is 3.70. The number of carbonyl (C=O) groups is 1. The second-order valence-corrected chi connectivity index (χ2v) is 6.14. The van der Waals surface area contributed by atoms with Crippen molar-refractivity contribution in [2.45, 2.75) is 24.9 Å². The predicted molar refractivity (Wildman–Crippen MR) is 72.5 cm³/mol. The molecule has 0 bridgehead atoms. The minimum absolute atomic E-state index is 0.218. The van der Waals surface area contributed by atoms with Gasteiger partial charge in [-0.05, 0) is 37.5 Å². The minimum Gasteiger partial charge on any atom is -0.475 e. The zero-order valence-electron chi connectivity index (χ0n) is 11.3. The van der Waals surface area contributed by atoms with Gasteiger partial charge in [0.05, 0.1) is 6.20 Å². The summed E-state index contributed by atoms with van der Waals surface area (Å²) in [4.78, 5) is 10.6. The Bertz CT molecular complexity index is 732. The van der Waals surface area contributed by atoms with Gasteiger partial charge >= 0.3 is 5.97 Å². The highest BCUT2D eigenvalue weighted by Gasteiger charge is 2.20. The minimum atomic E-state index is -3.83. The van der Waals surface area contributed by atoms with Gasteiger partial charge in [0.1, 0.15) is 0 Å². The number of aryl methyl sites for hydroxylation is 2. The zero-order chi connectivity index (χ0) is 15.5. The van der Waals surface area contributed by atoms with E-state index < -0.39 is 26.8 Å². The van der Waals surface area contributed by atoms with E-state index in [0.717, 1.165) is 23.4 Å². The van der Waals surface area contributed by atoms with Crippen molar-refractivity contribution in [1.29, 1.82) is 0 Å². The van der Waals surface area contributed by atoms with Crippen molar-refractivity contribution in [2.24, 2.45) is 0 Å². The molecule has 0 fully saturated rings. The van der Waals surface area contributed by atoms with Crippen LogP contribution in [0.2, 0.25) is 0 Å². The number of aromatic nitrogens is 2. The van der Waals surface area contributed by atoms with E-state index in [-0.39, 0.29) is 6.54 Å². The molecular weight excluding hydrogens is 298 g/mol. The second-order valence-electron chi connectivity index (χ2n) is 4.45. The van der Waals surface area contributed by atoms with Gasteiger partial charge in [-0.25, -0.2) is 17.9 Å². The third-order valence-electron chi connectivity index (χ3n) is 2.91. The van der Waals surface area contributed by atoms with Gasteiger partial charge in [-0.3, -0.25) is 5.10 Å². The average molecular weight is 313 g/mol. The predicted octanol–water partition coefficient (Wildman–Crippen LogP) is 0.920. The molecule has 0 aliphatic carbocycles. The highest BCUT2D eigenvalue weighted by molar-refractivity contribution is 7.89. The molecule has 21 heavy (non-hydrogen) atoms. The van der Waals surface area contributed by atoms with E-state index >= 15 is 0 Å². The Labute approximate surface area is 121 Å². The number of nitrogens with zero attached hydrogens (tertiary/aromatic N) is 1. The van der Waals surface area contributed by atoms with Crippen molar-refractivity contribution >= 4 is 16.0 Å². The van der Waals surface area contributed by atoms with E-state index in [1.165, 1.54) is 0 Å². The number of hydrogen-bond donors (Lipinski definition) is 3. The quantitative estimate of drug-likeness (QED) is 0.653. The van der Waals surface area contributed by atoms with Crippen LogP contribution in [-0.4, -0.2) is 36.2 Å². The van der Waals surface area contributed by atoms with E-state index in [2.05, 4.69) is 14.9 Å². The molecule has 9 heteroatoms. The number of carboxylic acids is 1. The number of rotatable bonds is 7. The van der Waals surface area contributed by atoms with Gasteiger partial charge < -0.3 is 9.52 Å². The second kappa shape index (κ2) is 6.10. The van der Waals surface area contributed by atoms with E-state index in [1.54, 1.807) is 6.20 Å². The van der Waals surface area contributed by atoms with E-state index in [9.17, 15) is 13.2 Å². The highest BCUT2D eigenvalue weighted by Crippen LogP contribution is 2.14. The SMILES string of the molecule is Cc1[nH]ncc1CCCNS(=O)(=O)c1ccc(C(=O)O)o1. The molecule has 0 aromatic carbocycles. The average Bonchev–Trinajstić information content (AvgIpc) is 3.04. The lowest BCUT2D eigenvalue weighted by atomic mass is 10.1. The third-order valence-corrected chi connectivity index (χ3v) is 4.24. The summed E-state index contributed by atoms with van der Waals surface area (Å²) in [5, 5.41) is 15.0. The maximum Gasteiger partial charge on any atom is 0.371 e. The molecular formula is C12H15N3O5S. The van der Waals surface area contributed by atoms with Crippen LogP contribution in [0.4, 0.5) is 0 Å². The molecule has 2 heterocycles. The van der Waals surface area contributed by atoms with Crippen molar-refractivity contribution in [3.8, 4) is 0 Å². The summed E-state index contributed by atoms with van der Waals surface area (Å²) in [7, 11) is -3.83. The molecule has 2 aromatic rings. The van der Waals surface area contributed by atoms with Crippen LogP contribution in [0.1, 0.15) is 28.2 Å². The molecule has 2 rings (SSSR count). The standard InChI is InChI=1S/C12H15N3O5S/c1-8-9(7-13-15-8)3-2-6-14-21(18,19)11-5-4-10(20-11)12(16)17/h4-5,7,14H,2-3,6H2,1H3,(H,13,15)(H,16,17). The van der Waals surface area contributed by atoms with Crippen molar-refractivity contribution in [3.63, 3.8) is 0 Å². The molecule has 0 saturated carbocycles. The Hall–Kier alpha value is -2.13. The summed E-state index contributed by atoms with van der Waals surface area (Å²) in [6, 6.07) is 2.22. The number of furan rings is 1. The van der Waals surface area contributed by atoms with E-state index in [0.29, 0.717) is 12.8 Å². The summed E-state index contributed by atoms with van der Waals surface area (Å²) in [6.45, 7) is 2.11. The fraction of sp³-hybridized carbons (Fsp3) is 0.333. The number of sulfonamides is 1. The lowest BCUT2D eigenvalue weighted by Crippen LogP contribution is -2.24. The van der Waals surface area contributed by atoms with Crippen LogP contribution in [0.3, 0.4) is 0 Å². The number of nitrogens with one attached hydrogen (secondary N) is 2. The molecule has 2 aromatic heterocycles. The Morgan fingerprint density at radius 3 is 2.81 bits per heavy atom. The van der Waals surface area contributed by atoms with Crippen molar-refractivity contribution < 1.29 is 22.7 Å². The van der Waals surface area contributed by atoms with Crippen LogP contribution < -0.4 is 4.72 Å². The topological polar surface area (TPSA) is 125 Å². The number of aromatic carboxylic acids is 1. The van der Waals surface area contributed by atoms with Gasteiger partial charge in [-0.15, -0.1) is 0 Å². The van der Waals surface area contributed by atoms with Crippen molar-refractivity contribution in [3.05, 3.63) is 35.3 Å². The van der Waals surface area contributed by atoms with Crippen LogP contribution in [0, 0.1) is 6.92 Å². The fourth-order valence-corrected chi connectivity index (χ4v) is 2.77. The molecule has 0 atom stereocenters. The van der Waals surface area contributed by atoms with E-state index in [4.69, 9.17) is 9.52 Å². The highest BCUT2D eigenvalue weighted by atomic mass is 32.2. The number of carboxylic acid groups (broad SMARTS) is 1. The smallest absolute Gasteiger partial charge is 0.371 e. The van der Waals surface area contributed by atoms with Gasteiger partial charge in [-0.1, -0.05) is 0 Å². The van der Waals surface area contributed by atoms with Crippen molar-refractivity contribution in [1.82, 2.24) is 14.9 Å². The Morgan fingerprint density at radius 2 is 2.24 bits per heavy atom. The zero-order valence-corrected chi connectivity index (χ0v) is 12.1. The van der Waals surface area contributed by atoms with E-state index in [1.807, 2.05) is 6.92 Å². The van der Waals surface area contributed by atoms with Gasteiger partial charge in [0.2, 0.25) is 10.9 Å². The van der Waals surface area contributed by atoms with Gasteiger partial charge in [0.15, 0.2) is 0 Å². The molecule has 0 saturated heterocycles. The van der Waals surface area contributed by atoms with Crippen LogP contribution >= 0.6 is 0 Å². The summed E-state index contributed by atoms with van der Waals surface area (Å²) in [5.74, 6) is -1.73. The van der Waals surface area contributed by atoms with Gasteiger partial charge in [-0.2, -0.15) is 5.10 Å². The lowest BCUT2D eigenvalue weighted by Gasteiger charge is -2.03. The molecule has 0 radical (unpaired) electrons. The summed E-state index contributed by atoms with van der Waals surface area (Å²) in [6.07, 6.45) is 2.98. The molecule has 0 aliphatic rings. The molecule has 0 aliphatic heterocycles. The first kappa shape index (κ1) is 15.3. The molecule has 8 nitrogen and oxygen atoms in total. The van der Waals surface area contributed by atoms with Crippen LogP contribution in [0.25, 0.3) is 0 Å². The first-order valence-corrected chi connectivity index (χ1v) is 7.70. The maximum absolute atomic E-state index is 11.9. The van der Waals surface area contributed by atoms with Gasteiger partial charge in [0, 0.05) is 12.2 Å². The first-order chi connectivity index (χ1) is 9.90. The normalized spacial score (nSPS) is 11.7. The summed E-state index contributed by atoms with van der Waals surface area (Å²) >= 11 is 0. The lowest BCUT2D eigenvalue weighted by molar-refractivity contribution is 0.0656. The first-order valence-electron chi connectivity index (χ1n) is 6.22. The molecule has 3 N–H and O–H groups in total. The Kier molecular flexibility index (Phi) is 4.43. The van der Waals surface area contributed by atoms with Crippen LogP contribution in [0.5, 0.6) is 0 Å². The van der Waals surface area contributed by atoms with Gasteiger partial charge in [0.25, 0.3) is 10.0 Å². The molecule has 0 amide bonds. The van der Waals surface area contributed by atoms with Crippen molar-refractivity contribution in [2.75, 3.05) is 6.54 Å². The monoisotopic (exact) mass is 313 g/mol. The summed E-state index contributed by atoms with van der Waals surface area (Å²) in [5.41, 5.74) is 1.98. The number of hydrogen-bond acceptors (Lipinski definition) is 5. The Morgan fingerprint density at radius 1 is 1.48 bits per heavy atom. The number of aromatic amines is 1. The largest absolute Gasteiger partial charge is 0.475 e. The number of H-pyrrole nitrogens is 1. The Balaban J connectivity index is 1.89.